The van der Waals surface area contributed by atoms with E-state index < -0.39 is 24.1 Å². The molecule has 1 N–H and O–H groups in total. The Hall–Kier alpha value is -4.01. The summed E-state index contributed by atoms with van der Waals surface area (Å²) in [5, 5.41) is 9.58. The van der Waals surface area contributed by atoms with Gasteiger partial charge < -0.3 is 23.8 Å². The Balaban J connectivity index is 4.48. The van der Waals surface area contributed by atoms with E-state index in [2.05, 4.69) is 105 Å². The minimum Gasteiger partial charge on any atom is -0.477 e. The van der Waals surface area contributed by atoms with Crippen molar-refractivity contribution < 1.29 is 38.2 Å². The van der Waals surface area contributed by atoms with E-state index in [1.165, 1.54) is 0 Å². The zero-order valence-electron chi connectivity index (χ0n) is 34.1. The highest BCUT2D eigenvalue weighted by molar-refractivity contribution is 5.72. The van der Waals surface area contributed by atoms with Crippen LogP contribution >= 0.6 is 0 Å². The molecule has 0 fully saturated rings. The van der Waals surface area contributed by atoms with Crippen molar-refractivity contribution in [3.05, 3.63) is 109 Å². The van der Waals surface area contributed by atoms with Crippen molar-refractivity contribution in [2.75, 3.05) is 41.0 Å². The van der Waals surface area contributed by atoms with E-state index in [0.717, 1.165) is 64.2 Å². The number of carboxylic acid groups (broad SMARTS) is 1. The van der Waals surface area contributed by atoms with Gasteiger partial charge in [-0.2, -0.15) is 0 Å². The van der Waals surface area contributed by atoms with Crippen LogP contribution in [0, 0.1) is 0 Å². The number of carboxylic acids is 1. The van der Waals surface area contributed by atoms with Gasteiger partial charge in [-0.3, -0.25) is 9.59 Å². The molecule has 8 heteroatoms. The van der Waals surface area contributed by atoms with Crippen LogP contribution in [0.2, 0.25) is 0 Å². The van der Waals surface area contributed by atoms with E-state index in [9.17, 15) is 19.5 Å². The molecule has 54 heavy (non-hydrogen) atoms. The second-order valence-corrected chi connectivity index (χ2v) is 13.8. The molecular weight excluding hydrogens is 679 g/mol. The number of carbonyl (C=O) groups excluding carboxylic acids is 2. The maximum atomic E-state index is 12.5. The molecule has 0 spiro atoms. The number of quaternary nitrogens is 1. The zero-order valence-corrected chi connectivity index (χ0v) is 34.1. The largest absolute Gasteiger partial charge is 0.477 e. The van der Waals surface area contributed by atoms with Crippen LogP contribution in [0.4, 0.5) is 0 Å². The SMILES string of the molecule is CC/C=C/C/C=C/C/C=C/C/C=C/C/C=C/C/C=C/CCCCC(=O)OCC(COCCC(C(=O)O)[N+](C)(C)C)OC(=O)C/C=C/C/C=C/C/C=C/CC. The van der Waals surface area contributed by atoms with Crippen molar-refractivity contribution in [1.29, 1.82) is 0 Å². The Morgan fingerprint density at radius 2 is 1.02 bits per heavy atom. The summed E-state index contributed by atoms with van der Waals surface area (Å²) in [7, 11) is 5.46. The molecule has 0 aliphatic heterocycles. The van der Waals surface area contributed by atoms with Gasteiger partial charge in [0.1, 0.15) is 6.61 Å². The summed E-state index contributed by atoms with van der Waals surface area (Å²) in [6.45, 7) is 4.30. The van der Waals surface area contributed by atoms with Gasteiger partial charge in [-0.15, -0.1) is 0 Å². The molecular formula is C46H72NO7+. The predicted octanol–water partition coefficient (Wildman–Crippen LogP) is 10.5. The molecule has 0 aromatic heterocycles. The molecule has 0 amide bonds. The van der Waals surface area contributed by atoms with Crippen molar-refractivity contribution in [2.45, 2.75) is 122 Å². The third kappa shape index (κ3) is 33.8. The second kappa shape index (κ2) is 36.0. The number of carbonyl (C=O) groups is 3. The number of likely N-dealkylation sites (N-methyl/N-ethyl adjacent to an activating group) is 1. The van der Waals surface area contributed by atoms with Crippen molar-refractivity contribution in [2.24, 2.45) is 0 Å². The number of aliphatic carboxylic acids is 1. The van der Waals surface area contributed by atoms with Gasteiger partial charge in [-0.25, -0.2) is 4.79 Å². The maximum Gasteiger partial charge on any atom is 0.362 e. The molecule has 0 saturated carbocycles. The van der Waals surface area contributed by atoms with Crippen LogP contribution in [0.3, 0.4) is 0 Å². The van der Waals surface area contributed by atoms with Crippen LogP contribution in [-0.2, 0) is 28.6 Å². The number of ether oxygens (including phenoxy) is 3. The summed E-state index contributed by atoms with van der Waals surface area (Å²) in [4.78, 5) is 36.7. The second-order valence-electron chi connectivity index (χ2n) is 13.8. The number of unbranched alkanes of at least 4 members (excludes halogenated alkanes) is 2. The van der Waals surface area contributed by atoms with Crippen molar-refractivity contribution in [3.63, 3.8) is 0 Å². The molecule has 0 radical (unpaired) electrons. The van der Waals surface area contributed by atoms with E-state index in [1.54, 1.807) is 6.08 Å². The molecule has 0 rings (SSSR count). The first-order valence-electron chi connectivity index (χ1n) is 19.9. The minimum atomic E-state index is -0.900. The van der Waals surface area contributed by atoms with Crippen LogP contribution in [0.5, 0.6) is 0 Å². The van der Waals surface area contributed by atoms with E-state index in [4.69, 9.17) is 14.2 Å². The highest BCUT2D eigenvalue weighted by atomic mass is 16.6. The number of esters is 2. The first-order chi connectivity index (χ1) is 26.1. The lowest BCUT2D eigenvalue weighted by molar-refractivity contribution is -0.887. The fourth-order valence-corrected chi connectivity index (χ4v) is 4.92. The molecule has 0 heterocycles. The lowest BCUT2D eigenvalue weighted by Gasteiger charge is -2.31. The van der Waals surface area contributed by atoms with Gasteiger partial charge in [0, 0.05) is 12.8 Å². The molecule has 0 aliphatic carbocycles. The third-order valence-corrected chi connectivity index (χ3v) is 7.95. The average Bonchev–Trinajstić information content (AvgIpc) is 3.12. The Bertz CT molecular complexity index is 1240. The first kappa shape index (κ1) is 50.0. The Labute approximate surface area is 328 Å². The Morgan fingerprint density at radius 3 is 1.46 bits per heavy atom. The topological polar surface area (TPSA) is 99.1 Å². The van der Waals surface area contributed by atoms with Gasteiger partial charge in [-0.05, 0) is 77.0 Å². The highest BCUT2D eigenvalue weighted by Crippen LogP contribution is 2.10. The van der Waals surface area contributed by atoms with E-state index in [1.807, 2.05) is 33.3 Å². The van der Waals surface area contributed by atoms with Gasteiger partial charge in [0.2, 0.25) is 0 Å². The zero-order chi connectivity index (χ0) is 40.0. The quantitative estimate of drug-likeness (QED) is 0.0309. The fraction of sp³-hybridized carbons (Fsp3) is 0.543. The summed E-state index contributed by atoms with van der Waals surface area (Å²) in [5.74, 6) is -1.70. The van der Waals surface area contributed by atoms with Gasteiger partial charge in [0.25, 0.3) is 0 Å². The van der Waals surface area contributed by atoms with Crippen molar-refractivity contribution >= 4 is 17.9 Å². The molecule has 8 nitrogen and oxygen atoms in total. The Kier molecular flexibility index (Phi) is 33.3. The Morgan fingerprint density at radius 1 is 0.574 bits per heavy atom. The molecule has 0 bridgehead atoms. The molecule has 302 valence electrons. The highest BCUT2D eigenvalue weighted by Gasteiger charge is 2.31. The fourth-order valence-electron chi connectivity index (χ4n) is 4.92. The number of allylic oxidation sites excluding steroid dienone is 17. The molecule has 2 atom stereocenters. The summed E-state index contributed by atoms with van der Waals surface area (Å²) in [5.41, 5.74) is 0. The van der Waals surface area contributed by atoms with Gasteiger partial charge in [0.15, 0.2) is 12.1 Å². The lowest BCUT2D eigenvalue weighted by atomic mass is 10.1. The molecule has 2 unspecified atom stereocenters. The van der Waals surface area contributed by atoms with Gasteiger partial charge in [0.05, 0.1) is 40.8 Å². The van der Waals surface area contributed by atoms with Gasteiger partial charge >= 0.3 is 17.9 Å². The van der Waals surface area contributed by atoms with Crippen LogP contribution < -0.4 is 0 Å². The van der Waals surface area contributed by atoms with Gasteiger partial charge in [-0.1, -0.05) is 123 Å². The van der Waals surface area contributed by atoms with Crippen molar-refractivity contribution in [3.8, 4) is 0 Å². The van der Waals surface area contributed by atoms with Crippen molar-refractivity contribution in [1.82, 2.24) is 0 Å². The molecule has 0 aromatic rings. The summed E-state index contributed by atoms with van der Waals surface area (Å²) in [6.07, 6.45) is 49.0. The standard InChI is InChI=1S/C46H71NO7/c1-6-8-10-12-14-16-17-18-19-20-21-22-23-24-25-26-27-29-30-32-34-36-44(48)53-41-42(40-52-39-38-43(46(50)51)47(3,4)5)54-45(49)37-35-33-31-28-15-13-11-9-7-2/h8-11,14-16,18-19,21-22,24-25,27-29,33,35,42-43H,6-7,12-13,17,20,23,26,30-32,34,36-41H2,1-5H3/p+1/b10-8+,11-9+,16-14+,19-18+,22-21+,25-24+,28-15+,29-27+,35-33+. The lowest BCUT2D eigenvalue weighted by Crippen LogP contribution is -2.50. The maximum absolute atomic E-state index is 12.5. The normalized spacial score (nSPS) is 14.2. The van der Waals surface area contributed by atoms with Crippen LogP contribution in [0.25, 0.3) is 0 Å². The first-order valence-corrected chi connectivity index (χ1v) is 19.9. The van der Waals surface area contributed by atoms with E-state index >= 15 is 0 Å². The summed E-state index contributed by atoms with van der Waals surface area (Å²) in [6, 6.07) is -0.640. The summed E-state index contributed by atoms with van der Waals surface area (Å²) < 4.78 is 17.0. The van der Waals surface area contributed by atoms with Crippen LogP contribution in [-0.4, -0.2) is 80.6 Å². The number of nitrogens with zero attached hydrogens (tertiary/aromatic N) is 1. The monoisotopic (exact) mass is 751 g/mol. The predicted molar refractivity (Wildman–Crippen MR) is 224 cm³/mol. The van der Waals surface area contributed by atoms with E-state index in [-0.39, 0.29) is 43.1 Å². The van der Waals surface area contributed by atoms with E-state index in [0.29, 0.717) is 19.3 Å². The minimum absolute atomic E-state index is 0.00289. The number of hydrogen-bond acceptors (Lipinski definition) is 6. The third-order valence-electron chi connectivity index (χ3n) is 7.95. The van der Waals surface area contributed by atoms with Crippen LogP contribution in [0.1, 0.15) is 110 Å². The average molecular weight is 751 g/mol. The number of hydrogen-bond donors (Lipinski definition) is 1. The number of rotatable bonds is 33. The smallest absolute Gasteiger partial charge is 0.362 e. The molecule has 0 aliphatic rings. The molecule has 0 saturated heterocycles. The molecule has 0 aromatic carbocycles. The van der Waals surface area contributed by atoms with Crippen LogP contribution in [0.15, 0.2) is 109 Å². The summed E-state index contributed by atoms with van der Waals surface area (Å²) >= 11 is 0.